The van der Waals surface area contributed by atoms with Crippen LogP contribution in [0.3, 0.4) is 0 Å². The van der Waals surface area contributed by atoms with E-state index in [1.54, 1.807) is 31.5 Å². The Morgan fingerprint density at radius 1 is 1.02 bits per heavy atom. The number of nitriles is 1. The molecule has 4 aromatic rings. The minimum Gasteiger partial charge on any atom is -0.467 e. The number of carbonyl (C=O) groups excluding carboxylic acids is 5. The van der Waals surface area contributed by atoms with Gasteiger partial charge in [-0.1, -0.05) is 37.5 Å². The maximum atomic E-state index is 13.3. The van der Waals surface area contributed by atoms with Crippen molar-refractivity contribution in [3.63, 3.8) is 0 Å². The number of aryl methyl sites for hydroxylation is 1. The second-order valence-corrected chi connectivity index (χ2v) is 14.3. The molecule has 6 rings (SSSR count). The van der Waals surface area contributed by atoms with E-state index in [4.69, 9.17) is 4.42 Å². The number of aromatic nitrogens is 2. The third-order valence-corrected chi connectivity index (χ3v) is 10.4. The van der Waals surface area contributed by atoms with Crippen LogP contribution in [0.25, 0.3) is 11.1 Å². The molecule has 4 heterocycles. The number of nitrogens with zero attached hydrogens (tertiary/aromatic N) is 6. The number of unbranched alkanes of at least 4 members (excludes halogenated alkanes) is 4. The summed E-state index contributed by atoms with van der Waals surface area (Å²) < 4.78 is 5.34. The number of carbonyl (C=O) groups is 5. The summed E-state index contributed by atoms with van der Waals surface area (Å²) in [5.41, 5.74) is 4.36. The van der Waals surface area contributed by atoms with E-state index in [9.17, 15) is 29.2 Å². The lowest BCUT2D eigenvalue weighted by Gasteiger charge is -2.36. The highest BCUT2D eigenvalue weighted by Crippen LogP contribution is 2.29. The third-order valence-electron chi connectivity index (χ3n) is 10.4. The van der Waals surface area contributed by atoms with E-state index in [0.29, 0.717) is 67.5 Å². The smallest absolute Gasteiger partial charge is 0.261 e. The average molecular weight is 789 g/mol. The van der Waals surface area contributed by atoms with Gasteiger partial charge in [0.05, 0.1) is 12.8 Å². The fraction of sp³-hybridized carbons (Fsp3) is 0.381. The molecule has 16 heteroatoms. The van der Waals surface area contributed by atoms with E-state index in [0.717, 1.165) is 72.8 Å². The number of hydrogen-bond donors (Lipinski definition) is 4. The van der Waals surface area contributed by atoms with Gasteiger partial charge in [0, 0.05) is 74.3 Å². The SMILES string of the molecule is Cc1ccc(NCCCCCCCC(=O)N2CCN(c3ccc(-c4cnc(NCc5ccco5)nc4NC#N)cc3)CC2)cc1C(=O)N(C=O)C1CCC(=O)NC1=O. The molecule has 302 valence electrons. The first kappa shape index (κ1) is 40.9. The van der Waals surface area contributed by atoms with Crippen LogP contribution in [0, 0.1) is 18.4 Å². The Kier molecular flexibility index (Phi) is 14.0. The first-order valence-corrected chi connectivity index (χ1v) is 19.6. The van der Waals surface area contributed by atoms with E-state index >= 15 is 0 Å². The number of imide groups is 2. The minimum absolute atomic E-state index is 0.0642. The molecule has 0 aliphatic carbocycles. The Morgan fingerprint density at radius 2 is 1.79 bits per heavy atom. The van der Waals surface area contributed by atoms with Gasteiger partial charge in [-0.05, 0) is 73.7 Å². The summed E-state index contributed by atoms with van der Waals surface area (Å²) in [6.45, 7) is 5.69. The van der Waals surface area contributed by atoms with Crippen molar-refractivity contribution in [1.82, 2.24) is 25.1 Å². The van der Waals surface area contributed by atoms with Gasteiger partial charge in [-0.15, -0.1) is 0 Å². The molecular formula is C42H48N10O6. The molecule has 0 saturated carbocycles. The summed E-state index contributed by atoms with van der Waals surface area (Å²) in [7, 11) is 0. The Labute approximate surface area is 337 Å². The topological polar surface area (TPSA) is 206 Å². The number of hydrogen-bond acceptors (Lipinski definition) is 13. The molecule has 0 radical (unpaired) electrons. The van der Waals surface area contributed by atoms with E-state index in [1.165, 1.54) is 0 Å². The maximum Gasteiger partial charge on any atom is 0.261 e. The number of anilines is 4. The Bertz CT molecular complexity index is 2110. The van der Waals surface area contributed by atoms with Gasteiger partial charge >= 0.3 is 0 Å². The highest BCUT2D eigenvalue weighted by molar-refractivity contribution is 6.07. The van der Waals surface area contributed by atoms with E-state index in [2.05, 4.69) is 36.1 Å². The van der Waals surface area contributed by atoms with Crippen LogP contribution in [0.1, 0.15) is 73.0 Å². The molecule has 2 aliphatic heterocycles. The predicted octanol–water partition coefficient (Wildman–Crippen LogP) is 5.06. The lowest BCUT2D eigenvalue weighted by molar-refractivity contribution is -0.139. The number of amides is 5. The normalized spacial score (nSPS) is 15.3. The highest BCUT2D eigenvalue weighted by atomic mass is 16.3. The van der Waals surface area contributed by atoms with Crippen molar-refractivity contribution in [1.29, 1.82) is 5.26 Å². The summed E-state index contributed by atoms with van der Waals surface area (Å²) in [6, 6.07) is 16.0. The second-order valence-electron chi connectivity index (χ2n) is 14.3. The molecule has 5 amide bonds. The van der Waals surface area contributed by atoms with Gasteiger partial charge in [0.1, 0.15) is 11.8 Å². The number of benzene rings is 2. The summed E-state index contributed by atoms with van der Waals surface area (Å²) in [6.07, 6.45) is 11.0. The molecule has 2 fully saturated rings. The third kappa shape index (κ3) is 10.5. The standard InChI is InChI=1S/C42H48N10O6/c1-29-10-13-31(24-34(29)41(57)52(28-53)36-16-17-37(54)48-40(36)56)44-18-6-4-2-3-5-9-38(55)51-21-19-50(20-22-51)32-14-11-30(12-15-32)35-26-46-42(49-39(35)47-27-43)45-25-33-8-7-23-58-33/h7-8,10-15,23-24,26,28,36,44H,2-6,9,16-22,25H2,1H3,(H,48,54,56)(H2,45,46,47,49). The van der Waals surface area contributed by atoms with E-state index in [-0.39, 0.29) is 18.7 Å². The van der Waals surface area contributed by atoms with Gasteiger partial charge in [0.25, 0.3) is 5.91 Å². The lowest BCUT2D eigenvalue weighted by Crippen LogP contribution is -2.53. The van der Waals surface area contributed by atoms with Crippen molar-refractivity contribution in [3.05, 3.63) is 83.9 Å². The number of rotatable bonds is 18. The quantitative estimate of drug-likeness (QED) is 0.0343. The van der Waals surface area contributed by atoms with Crippen LogP contribution in [0.2, 0.25) is 0 Å². The zero-order valence-corrected chi connectivity index (χ0v) is 32.5. The molecule has 4 N–H and O–H groups in total. The number of furan rings is 1. The van der Waals surface area contributed by atoms with Gasteiger partial charge in [-0.3, -0.25) is 39.5 Å². The van der Waals surface area contributed by atoms with Gasteiger partial charge in [-0.25, -0.2) is 4.98 Å². The maximum absolute atomic E-state index is 13.3. The zero-order chi connectivity index (χ0) is 40.9. The fourth-order valence-electron chi connectivity index (χ4n) is 7.11. The van der Waals surface area contributed by atoms with Crippen molar-refractivity contribution >= 4 is 53.2 Å². The molecule has 1 unspecified atom stereocenters. The van der Waals surface area contributed by atoms with Gasteiger partial charge < -0.3 is 24.9 Å². The summed E-state index contributed by atoms with van der Waals surface area (Å²) in [5.74, 6) is 0.0638. The van der Waals surface area contributed by atoms with Crippen LogP contribution in [-0.4, -0.2) is 88.6 Å². The number of piperidine rings is 1. The van der Waals surface area contributed by atoms with Crippen LogP contribution in [0.4, 0.5) is 23.1 Å². The first-order chi connectivity index (χ1) is 28.2. The van der Waals surface area contributed by atoms with Crippen molar-refractivity contribution in [2.75, 3.05) is 53.6 Å². The second kappa shape index (κ2) is 19.9. The van der Waals surface area contributed by atoms with Crippen LogP contribution >= 0.6 is 0 Å². The van der Waals surface area contributed by atoms with Crippen LogP contribution in [0.15, 0.2) is 71.5 Å². The largest absolute Gasteiger partial charge is 0.467 e. The van der Waals surface area contributed by atoms with Gasteiger partial charge in [0.2, 0.25) is 30.1 Å². The molecule has 58 heavy (non-hydrogen) atoms. The van der Waals surface area contributed by atoms with Crippen LogP contribution < -0.4 is 26.2 Å². The molecule has 2 aromatic heterocycles. The van der Waals surface area contributed by atoms with Crippen LogP contribution in [0.5, 0.6) is 0 Å². The van der Waals surface area contributed by atoms with Crippen molar-refractivity contribution in [3.8, 4) is 17.3 Å². The average Bonchev–Trinajstić information content (AvgIpc) is 3.77. The Morgan fingerprint density at radius 3 is 2.52 bits per heavy atom. The number of nitrogens with one attached hydrogen (secondary N) is 4. The van der Waals surface area contributed by atoms with Gasteiger partial charge in [-0.2, -0.15) is 10.2 Å². The molecule has 1 atom stereocenters. The molecule has 2 saturated heterocycles. The van der Waals surface area contributed by atoms with Crippen LogP contribution in [-0.2, 0) is 25.7 Å². The molecule has 16 nitrogen and oxygen atoms in total. The van der Waals surface area contributed by atoms with E-state index < -0.39 is 23.8 Å². The first-order valence-electron chi connectivity index (χ1n) is 19.6. The molecule has 2 aliphatic rings. The molecule has 0 bridgehead atoms. The molecule has 0 spiro atoms. The van der Waals surface area contributed by atoms with Gasteiger partial charge in [0.15, 0.2) is 12.0 Å². The van der Waals surface area contributed by atoms with Crippen molar-refractivity contribution in [2.24, 2.45) is 0 Å². The Hall–Kier alpha value is -6.76. The lowest BCUT2D eigenvalue weighted by atomic mass is 10.0. The molecule has 2 aromatic carbocycles. The fourth-order valence-corrected chi connectivity index (χ4v) is 7.11. The van der Waals surface area contributed by atoms with Crippen molar-refractivity contribution in [2.45, 2.75) is 70.9 Å². The molecular weight excluding hydrogens is 741 g/mol. The predicted molar refractivity (Wildman–Crippen MR) is 217 cm³/mol. The summed E-state index contributed by atoms with van der Waals surface area (Å²) >= 11 is 0. The highest BCUT2D eigenvalue weighted by Gasteiger charge is 2.35. The van der Waals surface area contributed by atoms with Crippen molar-refractivity contribution < 1.29 is 28.4 Å². The zero-order valence-electron chi connectivity index (χ0n) is 32.5. The van der Waals surface area contributed by atoms with E-state index in [1.807, 2.05) is 53.6 Å². The minimum atomic E-state index is -1.02. The summed E-state index contributed by atoms with van der Waals surface area (Å²) in [4.78, 5) is 75.9. The Balaban J connectivity index is 0.871. The monoisotopic (exact) mass is 788 g/mol. The summed E-state index contributed by atoms with van der Waals surface area (Å²) in [5, 5.41) is 20.6. The number of piperazine rings is 1.